The molecule has 11 rings (SSSR count). The van der Waals surface area contributed by atoms with Gasteiger partial charge >= 0.3 is 0 Å². The number of hydrogen-bond acceptors (Lipinski definition) is 1. The summed E-state index contributed by atoms with van der Waals surface area (Å²) in [6.07, 6.45) is 21.8. The molecule has 0 saturated carbocycles. The van der Waals surface area contributed by atoms with Crippen LogP contribution in [0.15, 0.2) is 272 Å². The summed E-state index contributed by atoms with van der Waals surface area (Å²) >= 11 is 0. The highest BCUT2D eigenvalue weighted by Gasteiger charge is 2.46. The Morgan fingerprint density at radius 2 is 0.938 bits per heavy atom. The van der Waals surface area contributed by atoms with Crippen LogP contribution in [0.2, 0.25) is 0 Å². The molecule has 0 bridgehead atoms. The maximum absolute atomic E-state index is 2.47. The summed E-state index contributed by atoms with van der Waals surface area (Å²) in [4.78, 5) is 2.46. The molecule has 0 aromatic heterocycles. The molecule has 0 aliphatic heterocycles. The van der Waals surface area contributed by atoms with Crippen LogP contribution in [0.4, 0.5) is 17.1 Å². The normalized spacial score (nSPS) is 15.8. The quantitative estimate of drug-likeness (QED) is 0.140. The van der Waals surface area contributed by atoms with Crippen LogP contribution in [0.3, 0.4) is 0 Å². The maximum Gasteiger partial charge on any atom is 0.0714 e. The number of anilines is 3. The van der Waals surface area contributed by atoms with Gasteiger partial charge in [0.15, 0.2) is 0 Å². The third-order valence-electron chi connectivity index (χ3n) is 13.0. The number of nitrogens with zero attached hydrogens (tertiary/aromatic N) is 1. The molecule has 1 heteroatoms. The second-order valence-electron chi connectivity index (χ2n) is 16.7. The number of benzene rings is 8. The van der Waals surface area contributed by atoms with E-state index in [-0.39, 0.29) is 0 Å². The molecule has 304 valence electrons. The van der Waals surface area contributed by atoms with E-state index < -0.39 is 5.41 Å². The molecule has 8 aromatic carbocycles. The lowest BCUT2D eigenvalue weighted by molar-refractivity contribution is 0.768. The van der Waals surface area contributed by atoms with Crippen LogP contribution in [0.25, 0.3) is 39.0 Å². The lowest BCUT2D eigenvalue weighted by atomic mass is 9.67. The van der Waals surface area contributed by atoms with Crippen molar-refractivity contribution in [3.8, 4) is 33.4 Å². The van der Waals surface area contributed by atoms with Gasteiger partial charge in [0.25, 0.3) is 0 Å². The van der Waals surface area contributed by atoms with Crippen molar-refractivity contribution in [1.82, 2.24) is 0 Å². The monoisotopic (exact) mass is 817 g/mol. The molecule has 0 heterocycles. The molecule has 0 radical (unpaired) electrons. The minimum atomic E-state index is -0.522. The smallest absolute Gasteiger partial charge is 0.0714 e. The first-order valence-corrected chi connectivity index (χ1v) is 22.4. The SMILES string of the molecule is C1=CC/C(=C(\C=C2\C=CC=CC2)c2ccc(N(c3ccc(-c4ccccc4)c(-c4ccccc4)c3)c3ccc4c(c3)C(c3ccccc3)(c3ccccc3)c3ccccc3-4)cc2)C=C1. The van der Waals surface area contributed by atoms with E-state index in [2.05, 4.69) is 266 Å². The average Bonchev–Trinajstić information content (AvgIpc) is 3.68. The molecule has 0 unspecified atom stereocenters. The zero-order valence-corrected chi connectivity index (χ0v) is 35.7. The Morgan fingerprint density at radius 3 is 1.56 bits per heavy atom. The van der Waals surface area contributed by atoms with E-state index in [4.69, 9.17) is 0 Å². The molecule has 64 heavy (non-hydrogen) atoms. The molecule has 8 aromatic rings. The molecule has 1 nitrogen and oxygen atoms in total. The molecular weight excluding hydrogens is 771 g/mol. The first kappa shape index (κ1) is 38.9. The summed E-state index contributed by atoms with van der Waals surface area (Å²) in [5.74, 6) is 0. The van der Waals surface area contributed by atoms with Crippen LogP contribution in [-0.4, -0.2) is 0 Å². The fraction of sp³-hybridized carbons (Fsp3) is 0.0476. The van der Waals surface area contributed by atoms with Crippen molar-refractivity contribution in [3.63, 3.8) is 0 Å². The molecule has 0 spiro atoms. The van der Waals surface area contributed by atoms with E-state index in [9.17, 15) is 0 Å². The summed E-state index contributed by atoms with van der Waals surface area (Å²) < 4.78 is 0. The molecule has 0 amide bonds. The lowest BCUT2D eigenvalue weighted by Gasteiger charge is -2.35. The van der Waals surface area contributed by atoms with Gasteiger partial charge in [-0.2, -0.15) is 0 Å². The van der Waals surface area contributed by atoms with Gasteiger partial charge in [-0.05, 0) is 127 Å². The van der Waals surface area contributed by atoms with Crippen molar-refractivity contribution < 1.29 is 0 Å². The summed E-state index contributed by atoms with van der Waals surface area (Å²) in [6.45, 7) is 0. The lowest BCUT2D eigenvalue weighted by Crippen LogP contribution is -2.28. The first-order chi connectivity index (χ1) is 31.8. The van der Waals surface area contributed by atoms with Gasteiger partial charge in [0.05, 0.1) is 5.41 Å². The average molecular weight is 818 g/mol. The van der Waals surface area contributed by atoms with Gasteiger partial charge in [0, 0.05) is 17.1 Å². The number of fused-ring (bicyclic) bond motifs is 3. The number of hydrogen-bond donors (Lipinski definition) is 0. The maximum atomic E-state index is 2.47. The molecule has 0 saturated heterocycles. The van der Waals surface area contributed by atoms with Gasteiger partial charge < -0.3 is 4.90 Å². The zero-order chi connectivity index (χ0) is 42.7. The third-order valence-corrected chi connectivity index (χ3v) is 13.0. The van der Waals surface area contributed by atoms with Gasteiger partial charge in [0.1, 0.15) is 0 Å². The summed E-state index contributed by atoms with van der Waals surface area (Å²) in [5, 5.41) is 0. The van der Waals surface area contributed by atoms with Crippen molar-refractivity contribution in [3.05, 3.63) is 300 Å². The summed E-state index contributed by atoms with van der Waals surface area (Å²) in [5.41, 5.74) is 20.2. The third kappa shape index (κ3) is 7.02. The molecule has 0 fully saturated rings. The van der Waals surface area contributed by atoms with Crippen molar-refractivity contribution in [1.29, 1.82) is 0 Å². The van der Waals surface area contributed by atoms with Gasteiger partial charge in [-0.3, -0.25) is 0 Å². The predicted molar refractivity (Wildman–Crippen MR) is 270 cm³/mol. The van der Waals surface area contributed by atoms with Gasteiger partial charge in [-0.25, -0.2) is 0 Å². The second kappa shape index (κ2) is 17.0. The molecule has 0 N–H and O–H groups in total. The summed E-state index contributed by atoms with van der Waals surface area (Å²) in [6, 6.07) is 76.1. The molecule has 3 aliphatic carbocycles. The Bertz CT molecular complexity index is 3120. The Hall–Kier alpha value is -8.00. The number of allylic oxidation sites excluding steroid dienone is 12. The van der Waals surface area contributed by atoms with Gasteiger partial charge in [-0.15, -0.1) is 0 Å². The first-order valence-electron chi connectivity index (χ1n) is 22.4. The van der Waals surface area contributed by atoms with Crippen molar-refractivity contribution in [2.75, 3.05) is 4.90 Å². The van der Waals surface area contributed by atoms with Crippen LogP contribution in [0.1, 0.15) is 40.7 Å². The van der Waals surface area contributed by atoms with E-state index >= 15 is 0 Å². The highest BCUT2D eigenvalue weighted by atomic mass is 15.1. The van der Waals surface area contributed by atoms with Crippen molar-refractivity contribution >= 4 is 22.6 Å². The largest absolute Gasteiger partial charge is 0.310 e. The minimum Gasteiger partial charge on any atom is -0.310 e. The van der Waals surface area contributed by atoms with Gasteiger partial charge in [-0.1, -0.05) is 225 Å². The fourth-order valence-electron chi connectivity index (χ4n) is 10.1. The highest BCUT2D eigenvalue weighted by molar-refractivity contribution is 5.92. The van der Waals surface area contributed by atoms with Crippen LogP contribution >= 0.6 is 0 Å². The van der Waals surface area contributed by atoms with E-state index in [0.717, 1.165) is 29.9 Å². The predicted octanol–water partition coefficient (Wildman–Crippen LogP) is 16.6. The van der Waals surface area contributed by atoms with Crippen LogP contribution in [-0.2, 0) is 5.41 Å². The van der Waals surface area contributed by atoms with Crippen LogP contribution in [0.5, 0.6) is 0 Å². The van der Waals surface area contributed by atoms with Crippen LogP contribution in [0, 0.1) is 0 Å². The van der Waals surface area contributed by atoms with Crippen molar-refractivity contribution in [2.24, 2.45) is 0 Å². The van der Waals surface area contributed by atoms with Gasteiger partial charge in [0.2, 0.25) is 0 Å². The van der Waals surface area contributed by atoms with Crippen LogP contribution < -0.4 is 4.90 Å². The molecule has 0 atom stereocenters. The molecular formula is C63H47N. The summed E-state index contributed by atoms with van der Waals surface area (Å²) in [7, 11) is 0. The second-order valence-corrected chi connectivity index (χ2v) is 16.7. The standard InChI is InChI=1S/C63H47N/c1-7-21-46(22-8-1)43-59(48-25-11-3-12-26-48)50-35-37-53(38-36-50)64(54-39-41-56(47-23-9-2-10-24-47)60(44-54)49-27-13-4-14-28-49)55-40-42-58-57-33-19-20-34-61(57)63(62(58)45-55,51-29-15-5-16-30-51)52-31-17-6-18-32-52/h1-21,23-25,27-45H,22,26H2/b46-43-,59-48+. The topological polar surface area (TPSA) is 3.24 Å². The highest BCUT2D eigenvalue weighted by Crippen LogP contribution is 2.57. The Kier molecular flexibility index (Phi) is 10.4. The van der Waals surface area contributed by atoms with Crippen molar-refractivity contribution in [2.45, 2.75) is 18.3 Å². The number of rotatable bonds is 9. The van der Waals surface area contributed by atoms with E-state index in [1.54, 1.807) is 0 Å². The Morgan fingerprint density at radius 1 is 0.406 bits per heavy atom. The minimum absolute atomic E-state index is 0.522. The van der Waals surface area contributed by atoms with E-state index in [1.165, 1.54) is 77.9 Å². The zero-order valence-electron chi connectivity index (χ0n) is 35.7. The Labute approximate surface area is 377 Å². The molecule has 3 aliphatic rings. The Balaban J connectivity index is 1.14. The van der Waals surface area contributed by atoms with E-state index in [1.807, 2.05) is 0 Å². The van der Waals surface area contributed by atoms with E-state index in [0.29, 0.717) is 0 Å². The fourth-order valence-corrected chi connectivity index (χ4v) is 10.1.